The van der Waals surface area contributed by atoms with E-state index in [0.717, 1.165) is 5.56 Å². The zero-order chi connectivity index (χ0) is 23.8. The maximum Gasteiger partial charge on any atom is 0.336 e. The standard InChI is InChI=1S/C22H20N4O4.C2H6/c1-12-11-25-21(27)19-18(15-6-5-14(10-24)9-16(15)29-3)17(13(2)26-20(12)19)22(28)30-8-4-7-23;1-2/h5-6,9,11,18,26H,4,8H2,1-3H3,(H,25,27);1-2H3. The minimum Gasteiger partial charge on any atom is -0.496 e. The van der Waals surface area contributed by atoms with Gasteiger partial charge in [0, 0.05) is 17.5 Å². The van der Waals surface area contributed by atoms with Crippen molar-refractivity contribution in [1.82, 2.24) is 4.98 Å². The first-order chi connectivity index (χ1) is 15.4. The molecule has 2 heterocycles. The highest BCUT2D eigenvalue weighted by molar-refractivity contribution is 5.95. The molecule has 0 saturated carbocycles. The number of hydrogen-bond acceptors (Lipinski definition) is 7. The summed E-state index contributed by atoms with van der Waals surface area (Å²) in [5, 5.41) is 21.1. The Bertz CT molecular complexity index is 1180. The first kappa shape index (κ1) is 24.2. The summed E-state index contributed by atoms with van der Waals surface area (Å²) in [7, 11) is 1.46. The van der Waals surface area contributed by atoms with Crippen molar-refractivity contribution in [3.05, 3.63) is 68.3 Å². The molecule has 0 fully saturated rings. The molecule has 3 rings (SSSR count). The predicted octanol–water partition coefficient (Wildman–Crippen LogP) is 3.88. The summed E-state index contributed by atoms with van der Waals surface area (Å²) in [6, 6.07) is 8.83. The average Bonchev–Trinajstić information content (AvgIpc) is 2.81. The highest BCUT2D eigenvalue weighted by atomic mass is 16.5. The van der Waals surface area contributed by atoms with Gasteiger partial charge in [0.15, 0.2) is 0 Å². The number of methoxy groups -OCH3 is 1. The van der Waals surface area contributed by atoms with E-state index < -0.39 is 11.9 Å². The quantitative estimate of drug-likeness (QED) is 0.540. The first-order valence-corrected chi connectivity index (χ1v) is 10.2. The van der Waals surface area contributed by atoms with Gasteiger partial charge in [-0.25, -0.2) is 4.79 Å². The Kier molecular flexibility index (Phi) is 8.20. The van der Waals surface area contributed by atoms with Crippen molar-refractivity contribution in [1.29, 1.82) is 10.5 Å². The third-order valence-corrected chi connectivity index (χ3v) is 4.96. The van der Waals surface area contributed by atoms with Crippen molar-refractivity contribution in [3.8, 4) is 17.9 Å². The third-order valence-electron chi connectivity index (χ3n) is 4.96. The number of hydrogen-bond donors (Lipinski definition) is 2. The summed E-state index contributed by atoms with van der Waals surface area (Å²) < 4.78 is 10.8. The van der Waals surface area contributed by atoms with Crippen LogP contribution in [-0.2, 0) is 9.53 Å². The number of anilines is 1. The number of allylic oxidation sites excluding steroid dienone is 1. The number of nitrogens with zero attached hydrogens (tertiary/aromatic N) is 2. The van der Waals surface area contributed by atoms with Crippen molar-refractivity contribution < 1.29 is 14.3 Å². The molecule has 0 amide bonds. The minimum absolute atomic E-state index is 0.0552. The number of aromatic amines is 1. The van der Waals surface area contributed by atoms with Gasteiger partial charge in [0.05, 0.1) is 54.0 Å². The van der Waals surface area contributed by atoms with Crippen LogP contribution in [0.15, 0.2) is 40.5 Å². The third kappa shape index (κ3) is 4.65. The molecule has 2 aromatic rings. The van der Waals surface area contributed by atoms with Gasteiger partial charge in [-0.05, 0) is 31.5 Å². The Morgan fingerprint density at radius 1 is 1.22 bits per heavy atom. The lowest BCUT2D eigenvalue weighted by Crippen LogP contribution is -2.30. The van der Waals surface area contributed by atoms with E-state index in [4.69, 9.17) is 14.7 Å². The van der Waals surface area contributed by atoms with Gasteiger partial charge in [0.2, 0.25) is 0 Å². The second-order valence-electron chi connectivity index (χ2n) is 6.80. The summed E-state index contributed by atoms with van der Waals surface area (Å²) in [6.45, 7) is 7.52. The maximum atomic E-state index is 13.0. The van der Waals surface area contributed by atoms with Crippen LogP contribution in [0.4, 0.5) is 5.69 Å². The van der Waals surface area contributed by atoms with E-state index in [1.54, 1.807) is 31.3 Å². The van der Waals surface area contributed by atoms with Crippen molar-refractivity contribution in [2.75, 3.05) is 19.0 Å². The molecule has 1 aliphatic heterocycles. The Morgan fingerprint density at radius 3 is 2.56 bits per heavy atom. The molecule has 32 heavy (non-hydrogen) atoms. The molecule has 0 saturated heterocycles. The molecule has 8 nitrogen and oxygen atoms in total. The average molecular weight is 434 g/mol. The smallest absolute Gasteiger partial charge is 0.336 e. The fourth-order valence-corrected chi connectivity index (χ4v) is 3.57. The fraction of sp³-hybridized carbons (Fsp3) is 0.333. The summed E-state index contributed by atoms with van der Waals surface area (Å²) in [4.78, 5) is 28.5. The van der Waals surface area contributed by atoms with E-state index >= 15 is 0 Å². The van der Waals surface area contributed by atoms with Crippen molar-refractivity contribution >= 4 is 11.7 Å². The molecule has 1 aromatic heterocycles. The summed E-state index contributed by atoms with van der Waals surface area (Å²) in [5.74, 6) is -1.02. The van der Waals surface area contributed by atoms with Gasteiger partial charge < -0.3 is 19.8 Å². The van der Waals surface area contributed by atoms with Crippen LogP contribution in [0.25, 0.3) is 0 Å². The van der Waals surface area contributed by atoms with Crippen LogP contribution in [0, 0.1) is 29.6 Å². The number of H-pyrrole nitrogens is 1. The lowest BCUT2D eigenvalue weighted by molar-refractivity contribution is -0.139. The summed E-state index contributed by atoms with van der Waals surface area (Å²) in [6.07, 6.45) is 1.66. The van der Waals surface area contributed by atoms with Crippen LogP contribution < -0.4 is 15.6 Å². The molecule has 1 atom stereocenters. The van der Waals surface area contributed by atoms with Crippen LogP contribution >= 0.6 is 0 Å². The number of aryl methyl sites for hydroxylation is 1. The van der Waals surface area contributed by atoms with E-state index in [-0.39, 0.29) is 24.2 Å². The number of fused-ring (bicyclic) bond motifs is 1. The molecule has 0 bridgehead atoms. The molecular formula is C24H26N4O4. The second kappa shape index (κ2) is 10.8. The highest BCUT2D eigenvalue weighted by Gasteiger charge is 2.37. The largest absolute Gasteiger partial charge is 0.496 e. The summed E-state index contributed by atoms with van der Waals surface area (Å²) >= 11 is 0. The highest BCUT2D eigenvalue weighted by Crippen LogP contribution is 2.44. The molecule has 1 aliphatic rings. The molecule has 1 unspecified atom stereocenters. The SMILES string of the molecule is CC.COc1cc(C#N)ccc1C1C(C(=O)OCCC#N)=C(C)Nc2c(C)c[nH]c(=O)c21. The topological polar surface area (TPSA) is 128 Å². The monoisotopic (exact) mass is 434 g/mol. The Morgan fingerprint density at radius 2 is 1.94 bits per heavy atom. The first-order valence-electron chi connectivity index (χ1n) is 10.2. The van der Waals surface area contributed by atoms with Crippen LogP contribution in [0.5, 0.6) is 5.75 Å². The number of ether oxygens (including phenoxy) is 2. The number of esters is 1. The minimum atomic E-state index is -0.776. The Balaban J connectivity index is 0.00000176. The summed E-state index contributed by atoms with van der Waals surface area (Å²) in [5.41, 5.74) is 3.16. The van der Waals surface area contributed by atoms with E-state index in [9.17, 15) is 14.9 Å². The van der Waals surface area contributed by atoms with E-state index in [0.29, 0.717) is 33.8 Å². The number of aromatic nitrogens is 1. The zero-order valence-corrected chi connectivity index (χ0v) is 18.8. The molecule has 2 N–H and O–H groups in total. The lowest BCUT2D eigenvalue weighted by atomic mass is 9.80. The Hall–Kier alpha value is -4.04. The number of nitrogens with one attached hydrogen (secondary N) is 2. The van der Waals surface area contributed by atoms with E-state index in [1.165, 1.54) is 7.11 Å². The number of nitriles is 2. The van der Waals surface area contributed by atoms with E-state index in [2.05, 4.69) is 16.4 Å². The molecule has 1 aromatic carbocycles. The van der Waals surface area contributed by atoms with Gasteiger partial charge in [-0.2, -0.15) is 10.5 Å². The normalized spacial score (nSPS) is 14.0. The zero-order valence-electron chi connectivity index (χ0n) is 18.8. The molecule has 0 radical (unpaired) electrons. The molecule has 0 spiro atoms. The lowest BCUT2D eigenvalue weighted by Gasteiger charge is -2.31. The van der Waals surface area contributed by atoms with Gasteiger partial charge in [-0.1, -0.05) is 19.9 Å². The Labute approximate surface area is 187 Å². The van der Waals surface area contributed by atoms with E-state index in [1.807, 2.05) is 26.8 Å². The van der Waals surface area contributed by atoms with Gasteiger partial charge in [-0.15, -0.1) is 0 Å². The number of carbonyl (C=O) groups excluding carboxylic acids is 1. The number of carbonyl (C=O) groups is 1. The molecule has 0 aliphatic carbocycles. The van der Waals surface area contributed by atoms with Crippen molar-refractivity contribution in [3.63, 3.8) is 0 Å². The molecule has 166 valence electrons. The second-order valence-corrected chi connectivity index (χ2v) is 6.80. The van der Waals surface area contributed by atoms with Gasteiger partial charge >= 0.3 is 5.97 Å². The molecular weight excluding hydrogens is 408 g/mol. The van der Waals surface area contributed by atoms with Gasteiger partial charge in [0.1, 0.15) is 12.4 Å². The van der Waals surface area contributed by atoms with Crippen LogP contribution in [0.1, 0.15) is 55.4 Å². The van der Waals surface area contributed by atoms with Gasteiger partial charge in [-0.3, -0.25) is 4.79 Å². The van der Waals surface area contributed by atoms with Crippen LogP contribution in [0.2, 0.25) is 0 Å². The predicted molar refractivity (Wildman–Crippen MR) is 120 cm³/mol. The molecule has 8 heteroatoms. The van der Waals surface area contributed by atoms with Crippen LogP contribution in [-0.4, -0.2) is 24.7 Å². The van der Waals surface area contributed by atoms with Crippen molar-refractivity contribution in [2.45, 2.75) is 40.0 Å². The maximum absolute atomic E-state index is 13.0. The number of benzene rings is 1. The number of rotatable bonds is 5. The number of pyridine rings is 1. The fourth-order valence-electron chi connectivity index (χ4n) is 3.57. The van der Waals surface area contributed by atoms with Crippen LogP contribution in [0.3, 0.4) is 0 Å². The van der Waals surface area contributed by atoms with Gasteiger partial charge in [0.25, 0.3) is 5.56 Å². The van der Waals surface area contributed by atoms with Crippen molar-refractivity contribution in [2.24, 2.45) is 0 Å².